The van der Waals surface area contributed by atoms with Crippen LogP contribution in [0.4, 0.5) is 11.6 Å². The molecule has 10 nitrogen and oxygen atoms in total. The smallest absolute Gasteiger partial charge is 0.308 e. The zero-order valence-electron chi connectivity index (χ0n) is 30.8. The van der Waals surface area contributed by atoms with Gasteiger partial charge in [-0.05, 0) is 109 Å². The largest absolute Gasteiger partial charge is 0.427 e. The Labute approximate surface area is 354 Å². The Hall–Kier alpha value is -4.65. The van der Waals surface area contributed by atoms with Crippen LogP contribution in [0.1, 0.15) is 53.3 Å². The number of nitrogens with one attached hydrogen (secondary N) is 2. The first-order chi connectivity index (χ1) is 27.5. The van der Waals surface area contributed by atoms with Gasteiger partial charge >= 0.3 is 5.97 Å². The number of piperidine rings is 2. The third-order valence-electron chi connectivity index (χ3n) is 9.93. The summed E-state index contributed by atoms with van der Waals surface area (Å²) in [5, 5.41) is 11.9. The molecule has 0 aliphatic carbocycles. The van der Waals surface area contributed by atoms with Crippen molar-refractivity contribution in [2.75, 3.05) is 36.0 Å². The molecule has 2 aliphatic heterocycles. The number of rotatable bonds is 7. The van der Waals surface area contributed by atoms with E-state index in [2.05, 4.69) is 30.4 Å². The van der Waals surface area contributed by atoms with Crippen molar-refractivity contribution in [3.05, 3.63) is 121 Å². The summed E-state index contributed by atoms with van der Waals surface area (Å²) in [7, 11) is 0. The summed E-state index contributed by atoms with van der Waals surface area (Å²) in [6.45, 7) is 4.57. The number of fused-ring (bicyclic) bond motifs is 2. The molecule has 3 aromatic carbocycles. The second-order valence-corrected chi connectivity index (χ2v) is 17.0. The number of carbonyl (C=O) groups is 3. The first-order valence-corrected chi connectivity index (χ1v) is 20.8. The van der Waals surface area contributed by atoms with Crippen molar-refractivity contribution >= 4 is 109 Å². The van der Waals surface area contributed by atoms with Crippen molar-refractivity contribution in [3.63, 3.8) is 0 Å². The summed E-state index contributed by atoms with van der Waals surface area (Å²) in [4.78, 5) is 49.8. The monoisotopic (exact) mass is 862 g/mol. The zero-order chi connectivity index (χ0) is 40.1. The topological polar surface area (TPSA) is 117 Å². The summed E-state index contributed by atoms with van der Waals surface area (Å²) >= 11 is 25.4. The maximum absolute atomic E-state index is 12.6. The number of halogens is 4. The summed E-state index contributed by atoms with van der Waals surface area (Å²) in [6, 6.07) is 24.0. The highest BCUT2D eigenvalue weighted by Gasteiger charge is 2.25. The highest BCUT2D eigenvalue weighted by Crippen LogP contribution is 2.33. The molecule has 6 aromatic rings. The number of pyridine rings is 2. The molecule has 57 heavy (non-hydrogen) atoms. The Kier molecular flexibility index (Phi) is 13.0. The molecule has 294 valence electrons. The van der Waals surface area contributed by atoms with Crippen molar-refractivity contribution in [1.82, 2.24) is 20.6 Å². The molecule has 0 spiro atoms. The van der Waals surface area contributed by atoms with Gasteiger partial charge in [-0.25, -0.2) is 9.97 Å². The number of nitrogens with zero attached hydrogens (tertiary/aromatic N) is 4. The van der Waals surface area contributed by atoms with Crippen LogP contribution < -0.4 is 25.2 Å². The van der Waals surface area contributed by atoms with Gasteiger partial charge in [0.05, 0.1) is 9.90 Å². The van der Waals surface area contributed by atoms with Gasteiger partial charge in [-0.3, -0.25) is 14.4 Å². The molecule has 2 amide bonds. The summed E-state index contributed by atoms with van der Waals surface area (Å²) < 4.78 is 6.00. The number of hydrogen-bond donors (Lipinski definition) is 2. The zero-order valence-corrected chi connectivity index (χ0v) is 34.7. The highest BCUT2D eigenvalue weighted by molar-refractivity contribution is 7.20. The molecule has 0 radical (unpaired) electrons. The molecule has 8 rings (SSSR count). The van der Waals surface area contributed by atoms with Crippen LogP contribution in [0.3, 0.4) is 0 Å². The second kappa shape index (κ2) is 18.3. The molecule has 0 unspecified atom stereocenters. The molecular weight excluding hydrogens is 826 g/mol. The summed E-state index contributed by atoms with van der Waals surface area (Å²) in [5.74, 6) is 1.53. The van der Waals surface area contributed by atoms with Crippen molar-refractivity contribution < 1.29 is 19.1 Å². The van der Waals surface area contributed by atoms with Gasteiger partial charge in [0.25, 0.3) is 11.8 Å². The van der Waals surface area contributed by atoms with Gasteiger partial charge in [0.15, 0.2) is 0 Å². The quantitative estimate of drug-likeness (QED) is 0.120. The second-order valence-electron chi connectivity index (χ2n) is 13.8. The van der Waals surface area contributed by atoms with Gasteiger partial charge < -0.3 is 25.2 Å². The van der Waals surface area contributed by atoms with Crippen LogP contribution in [-0.2, 0) is 4.79 Å². The van der Waals surface area contributed by atoms with Gasteiger partial charge in [-0.2, -0.15) is 0 Å². The lowest BCUT2D eigenvalue weighted by Gasteiger charge is -2.33. The summed E-state index contributed by atoms with van der Waals surface area (Å²) in [6.07, 6.45) is 6.93. The first-order valence-electron chi connectivity index (χ1n) is 18.4. The lowest BCUT2D eigenvalue weighted by molar-refractivity contribution is -0.131. The van der Waals surface area contributed by atoms with Crippen LogP contribution in [0.25, 0.3) is 21.5 Å². The third-order valence-corrected chi connectivity index (χ3v) is 11.9. The average molecular weight is 865 g/mol. The van der Waals surface area contributed by atoms with E-state index in [1.807, 2.05) is 54.7 Å². The molecule has 0 atom stereocenters. The average Bonchev–Trinajstić information content (AvgIpc) is 3.55. The number of anilines is 2. The van der Waals surface area contributed by atoms with E-state index in [-0.39, 0.29) is 23.9 Å². The molecule has 5 heterocycles. The predicted octanol–water partition coefficient (Wildman–Crippen LogP) is 9.87. The van der Waals surface area contributed by atoms with Gasteiger partial charge in [0.2, 0.25) is 0 Å². The number of amides is 2. The van der Waals surface area contributed by atoms with Crippen molar-refractivity contribution in [2.24, 2.45) is 0 Å². The van der Waals surface area contributed by atoms with E-state index in [0.29, 0.717) is 35.6 Å². The maximum atomic E-state index is 12.6. The minimum absolute atomic E-state index is 0.0792. The standard InChI is InChI=1S/C23H22ClN3O3.C19H16Cl3N3OS/c1-15(28)30-20-4-2-3-17(14-20)23(29)26-19-8-11-27(12-9-19)22-21-6-5-18(24)13-16(21)7-10-25-22;20-12-1-2-14-11(9-12)3-6-23-18(14)25-7-4-13(5-8-25)24-19(26)15-10-16(21)27-17(15)22/h2-7,10,13-14,19H,8-9,11-12H2,1H3,(H,26,29);1-3,6,9-10,13H,4-5,7-8H2,(H,24,26). The van der Waals surface area contributed by atoms with E-state index in [0.717, 1.165) is 85.0 Å². The summed E-state index contributed by atoms with van der Waals surface area (Å²) in [5.41, 5.74) is 0.922. The number of ether oxygens (including phenoxy) is 1. The maximum Gasteiger partial charge on any atom is 0.308 e. The van der Waals surface area contributed by atoms with E-state index in [4.69, 9.17) is 51.1 Å². The number of thiophene rings is 1. The van der Waals surface area contributed by atoms with Crippen LogP contribution in [0.2, 0.25) is 18.7 Å². The number of hydrogen-bond acceptors (Lipinski definition) is 9. The highest BCUT2D eigenvalue weighted by atomic mass is 35.5. The molecule has 0 saturated carbocycles. The van der Waals surface area contributed by atoms with E-state index in [9.17, 15) is 14.4 Å². The Morgan fingerprint density at radius 1 is 0.684 bits per heavy atom. The SMILES string of the molecule is CC(=O)Oc1cccc(C(=O)NC2CCN(c3nccc4cc(Cl)ccc34)CC2)c1.O=C(NC1CCN(c2nccc3cc(Cl)ccc23)CC1)c1cc(Cl)sc1Cl. The van der Waals surface area contributed by atoms with E-state index >= 15 is 0 Å². The van der Waals surface area contributed by atoms with Crippen molar-refractivity contribution in [1.29, 1.82) is 0 Å². The minimum atomic E-state index is -0.413. The predicted molar refractivity (Wildman–Crippen MR) is 231 cm³/mol. The molecule has 2 aliphatic rings. The van der Waals surface area contributed by atoms with E-state index in [1.165, 1.54) is 18.3 Å². The van der Waals surface area contributed by atoms with Crippen LogP contribution in [0, 0.1) is 0 Å². The van der Waals surface area contributed by atoms with Gasteiger partial charge in [-0.1, -0.05) is 52.5 Å². The Bertz CT molecular complexity index is 2430. The van der Waals surface area contributed by atoms with Crippen molar-refractivity contribution in [2.45, 2.75) is 44.7 Å². The van der Waals surface area contributed by atoms with Crippen LogP contribution in [0.15, 0.2) is 91.3 Å². The Balaban J connectivity index is 0.000000175. The number of esters is 1. The van der Waals surface area contributed by atoms with Gasteiger partial charge in [0.1, 0.15) is 21.7 Å². The molecule has 2 fully saturated rings. The van der Waals surface area contributed by atoms with Crippen LogP contribution in [0.5, 0.6) is 5.75 Å². The lowest BCUT2D eigenvalue weighted by atomic mass is 10.0. The first kappa shape index (κ1) is 40.5. The molecule has 3 aromatic heterocycles. The Morgan fingerprint density at radius 2 is 1.21 bits per heavy atom. The molecule has 2 saturated heterocycles. The van der Waals surface area contributed by atoms with Crippen LogP contribution >= 0.6 is 57.7 Å². The fraction of sp³-hybridized carbons (Fsp3) is 0.262. The number of benzene rings is 3. The van der Waals surface area contributed by atoms with Crippen LogP contribution in [-0.4, -0.2) is 66.0 Å². The minimum Gasteiger partial charge on any atom is -0.427 e. The molecular formula is C42H38Cl4N6O4S. The van der Waals surface area contributed by atoms with E-state index < -0.39 is 5.97 Å². The van der Waals surface area contributed by atoms with Crippen molar-refractivity contribution in [3.8, 4) is 5.75 Å². The third kappa shape index (κ3) is 10.1. The molecule has 0 bridgehead atoms. The normalized spacial score (nSPS) is 14.9. The fourth-order valence-electron chi connectivity index (χ4n) is 7.13. The van der Waals surface area contributed by atoms with E-state index in [1.54, 1.807) is 36.5 Å². The van der Waals surface area contributed by atoms with Gasteiger partial charge in [-0.15, -0.1) is 11.3 Å². The molecule has 2 N–H and O–H groups in total. The fourth-order valence-corrected chi connectivity index (χ4v) is 8.95. The Morgan fingerprint density at radius 3 is 1.70 bits per heavy atom. The van der Waals surface area contributed by atoms with Gasteiger partial charge in [0, 0.05) is 84.0 Å². The number of carbonyl (C=O) groups excluding carboxylic acids is 3. The lowest BCUT2D eigenvalue weighted by Crippen LogP contribution is -2.45. The number of aromatic nitrogens is 2. The molecule has 15 heteroatoms.